The number of halogens is 1. The van der Waals surface area contributed by atoms with Gasteiger partial charge in [0, 0.05) is 17.1 Å². The van der Waals surface area contributed by atoms with E-state index in [0.29, 0.717) is 22.6 Å². The van der Waals surface area contributed by atoms with Gasteiger partial charge in [-0.3, -0.25) is 4.79 Å². The van der Waals surface area contributed by atoms with Crippen LogP contribution in [0.2, 0.25) is 0 Å². The van der Waals surface area contributed by atoms with Crippen molar-refractivity contribution in [3.63, 3.8) is 0 Å². The van der Waals surface area contributed by atoms with Gasteiger partial charge in [0.15, 0.2) is 0 Å². The van der Waals surface area contributed by atoms with Crippen LogP contribution in [0.25, 0.3) is 0 Å². The molecule has 0 saturated carbocycles. The summed E-state index contributed by atoms with van der Waals surface area (Å²) in [6, 6.07) is 18.7. The van der Waals surface area contributed by atoms with Crippen LogP contribution >= 0.6 is 11.6 Å². The maximum absolute atomic E-state index is 11.9. The number of para-hydroxylation sites is 1. The molecule has 0 atom stereocenters. The minimum atomic E-state index is -0.567. The number of nitrogens with two attached hydrogens (primary N) is 2. The number of carbonyl (C=O) groups is 1. The van der Waals surface area contributed by atoms with Gasteiger partial charge >= 0.3 is 0 Å². The lowest BCUT2D eigenvalue weighted by atomic mass is 10.0. The molecule has 3 aromatic carbocycles. The third-order valence-corrected chi connectivity index (χ3v) is 4.33. The van der Waals surface area contributed by atoms with Crippen LogP contribution in [0.1, 0.15) is 10.4 Å². The highest BCUT2D eigenvalue weighted by Crippen LogP contribution is 2.50. The predicted octanol–water partition coefficient (Wildman–Crippen LogP) is 4.76. The van der Waals surface area contributed by atoms with Gasteiger partial charge in [0.25, 0.3) is 5.24 Å². The highest BCUT2D eigenvalue weighted by Gasteiger charge is 2.28. The number of nitrogens with one attached hydrogen (secondary N) is 1. The third kappa shape index (κ3) is 2.55. The maximum Gasteiger partial charge on any atom is 0.254 e. The standard InChI is InChI=1S/C19H15ClN4O/c20-19(25)14-8-12(22)10-17-18(14)23-15-7-6-11(21)9-16(15)24(17)13-4-2-1-3-5-13/h1-10,23H,21-22H2. The lowest BCUT2D eigenvalue weighted by Gasteiger charge is -2.35. The van der Waals surface area contributed by atoms with E-state index in [1.165, 1.54) is 0 Å². The number of hydrogen-bond acceptors (Lipinski definition) is 5. The first-order chi connectivity index (χ1) is 12.0. The summed E-state index contributed by atoms with van der Waals surface area (Å²) in [4.78, 5) is 13.9. The zero-order valence-corrected chi connectivity index (χ0v) is 13.9. The van der Waals surface area contributed by atoms with Gasteiger partial charge in [-0.1, -0.05) is 18.2 Å². The Labute approximate surface area is 149 Å². The zero-order chi connectivity index (χ0) is 17.6. The molecule has 25 heavy (non-hydrogen) atoms. The smallest absolute Gasteiger partial charge is 0.254 e. The molecule has 4 rings (SSSR count). The number of benzene rings is 3. The number of nitrogens with zero attached hydrogens (tertiary/aromatic N) is 1. The van der Waals surface area contributed by atoms with E-state index in [1.807, 2.05) is 53.4 Å². The second-order valence-corrected chi connectivity index (χ2v) is 6.15. The molecular formula is C19H15ClN4O. The van der Waals surface area contributed by atoms with Crippen molar-refractivity contribution in [2.75, 3.05) is 21.7 Å². The summed E-state index contributed by atoms with van der Waals surface area (Å²) in [6.45, 7) is 0. The van der Waals surface area contributed by atoms with Crippen LogP contribution in [0.15, 0.2) is 60.7 Å². The first-order valence-electron chi connectivity index (χ1n) is 7.69. The summed E-state index contributed by atoms with van der Waals surface area (Å²) in [6.07, 6.45) is 0. The Morgan fingerprint density at radius 3 is 2.36 bits per heavy atom. The van der Waals surface area contributed by atoms with Gasteiger partial charge < -0.3 is 21.7 Å². The predicted molar refractivity (Wildman–Crippen MR) is 103 cm³/mol. The van der Waals surface area contributed by atoms with Crippen molar-refractivity contribution in [2.45, 2.75) is 0 Å². The SMILES string of the molecule is Nc1ccc2c(c1)N(c1ccccc1)c1cc(N)cc(C(=O)Cl)c1N2. The highest BCUT2D eigenvalue weighted by atomic mass is 35.5. The van der Waals surface area contributed by atoms with Crippen molar-refractivity contribution in [2.24, 2.45) is 0 Å². The molecular weight excluding hydrogens is 336 g/mol. The Bertz CT molecular complexity index is 988. The Hall–Kier alpha value is -3.18. The van der Waals surface area contributed by atoms with E-state index in [1.54, 1.807) is 12.1 Å². The Balaban J connectivity index is 2.04. The fraction of sp³-hybridized carbons (Fsp3) is 0. The normalized spacial score (nSPS) is 12.1. The number of hydrogen-bond donors (Lipinski definition) is 3. The summed E-state index contributed by atoms with van der Waals surface area (Å²) < 4.78 is 0. The molecule has 5 N–H and O–H groups in total. The number of nitrogen functional groups attached to an aromatic ring is 2. The number of rotatable bonds is 2. The van der Waals surface area contributed by atoms with Crippen LogP contribution in [0, 0.1) is 0 Å². The van der Waals surface area contributed by atoms with Crippen LogP contribution in [0.5, 0.6) is 0 Å². The Morgan fingerprint density at radius 2 is 1.64 bits per heavy atom. The average Bonchev–Trinajstić information content (AvgIpc) is 2.60. The summed E-state index contributed by atoms with van der Waals surface area (Å²) in [7, 11) is 0. The fourth-order valence-electron chi connectivity index (χ4n) is 3.07. The Kier molecular flexibility index (Phi) is 3.51. The van der Waals surface area contributed by atoms with Crippen LogP contribution in [-0.4, -0.2) is 5.24 Å². The van der Waals surface area contributed by atoms with Crippen molar-refractivity contribution in [1.82, 2.24) is 0 Å². The van der Waals surface area contributed by atoms with Crippen molar-refractivity contribution in [3.8, 4) is 0 Å². The minimum Gasteiger partial charge on any atom is -0.399 e. The van der Waals surface area contributed by atoms with Crippen LogP contribution < -0.4 is 21.7 Å². The van der Waals surface area contributed by atoms with Gasteiger partial charge in [-0.2, -0.15) is 0 Å². The molecule has 0 fully saturated rings. The molecule has 0 amide bonds. The third-order valence-electron chi connectivity index (χ3n) is 4.13. The number of fused-ring (bicyclic) bond motifs is 2. The summed E-state index contributed by atoms with van der Waals surface area (Å²) >= 11 is 5.79. The second-order valence-electron chi connectivity index (χ2n) is 5.81. The monoisotopic (exact) mass is 350 g/mol. The van der Waals surface area contributed by atoms with Gasteiger partial charge in [-0.05, 0) is 54.1 Å². The molecule has 1 aliphatic heterocycles. The molecule has 0 unspecified atom stereocenters. The van der Waals surface area contributed by atoms with Crippen LogP contribution in [-0.2, 0) is 0 Å². The van der Waals surface area contributed by atoms with E-state index in [2.05, 4.69) is 5.32 Å². The quantitative estimate of drug-likeness (QED) is 0.358. The molecule has 5 nitrogen and oxygen atoms in total. The van der Waals surface area contributed by atoms with Crippen molar-refractivity contribution in [3.05, 3.63) is 66.2 Å². The van der Waals surface area contributed by atoms with E-state index in [4.69, 9.17) is 23.1 Å². The van der Waals surface area contributed by atoms with Gasteiger partial charge in [-0.15, -0.1) is 0 Å². The summed E-state index contributed by atoms with van der Waals surface area (Å²) in [5, 5.41) is 2.72. The molecule has 0 radical (unpaired) electrons. The van der Waals surface area contributed by atoms with Crippen molar-refractivity contribution >= 4 is 56.7 Å². The molecule has 0 saturated heterocycles. The molecule has 0 aliphatic carbocycles. The Morgan fingerprint density at radius 1 is 0.920 bits per heavy atom. The van der Waals surface area contributed by atoms with Gasteiger partial charge in [-0.25, -0.2) is 0 Å². The van der Waals surface area contributed by atoms with E-state index >= 15 is 0 Å². The summed E-state index contributed by atoms with van der Waals surface area (Å²) in [5.41, 5.74) is 17.4. The number of carbonyl (C=O) groups excluding carboxylic acids is 1. The van der Waals surface area contributed by atoms with E-state index in [0.717, 1.165) is 22.7 Å². The lowest BCUT2D eigenvalue weighted by molar-refractivity contribution is 0.108. The molecule has 6 heteroatoms. The van der Waals surface area contributed by atoms with E-state index in [9.17, 15) is 4.79 Å². The van der Waals surface area contributed by atoms with Crippen LogP contribution in [0.4, 0.5) is 39.8 Å². The van der Waals surface area contributed by atoms with Crippen molar-refractivity contribution in [1.29, 1.82) is 0 Å². The van der Waals surface area contributed by atoms with E-state index in [-0.39, 0.29) is 0 Å². The minimum absolute atomic E-state index is 0.333. The van der Waals surface area contributed by atoms with Gasteiger partial charge in [0.2, 0.25) is 0 Å². The summed E-state index contributed by atoms with van der Waals surface area (Å²) in [5.74, 6) is 0. The molecule has 0 spiro atoms. The largest absolute Gasteiger partial charge is 0.399 e. The molecule has 1 heterocycles. The average molecular weight is 351 g/mol. The molecule has 1 aliphatic rings. The number of anilines is 7. The maximum atomic E-state index is 11.9. The lowest BCUT2D eigenvalue weighted by Crippen LogP contribution is -2.20. The molecule has 0 bridgehead atoms. The molecule has 124 valence electrons. The van der Waals surface area contributed by atoms with E-state index < -0.39 is 5.24 Å². The van der Waals surface area contributed by atoms with Crippen LogP contribution in [0.3, 0.4) is 0 Å². The zero-order valence-electron chi connectivity index (χ0n) is 13.2. The topological polar surface area (TPSA) is 84.4 Å². The molecule has 0 aromatic heterocycles. The highest BCUT2D eigenvalue weighted by molar-refractivity contribution is 6.68. The molecule has 3 aromatic rings. The van der Waals surface area contributed by atoms with Gasteiger partial charge in [0.1, 0.15) is 0 Å². The first-order valence-corrected chi connectivity index (χ1v) is 8.07. The van der Waals surface area contributed by atoms with Gasteiger partial charge in [0.05, 0.1) is 28.3 Å². The van der Waals surface area contributed by atoms with Crippen molar-refractivity contribution < 1.29 is 4.79 Å². The fourth-order valence-corrected chi connectivity index (χ4v) is 3.22. The first kappa shape index (κ1) is 15.4. The second kappa shape index (κ2) is 5.72.